The Balaban J connectivity index is 0.00000208. The maximum absolute atomic E-state index is 11.3. The lowest BCUT2D eigenvalue weighted by molar-refractivity contribution is -0.685. The van der Waals surface area contributed by atoms with E-state index in [4.69, 9.17) is 0 Å². The molecule has 0 fully saturated rings. The van der Waals surface area contributed by atoms with Crippen molar-refractivity contribution in [3.8, 4) is 0 Å². The van der Waals surface area contributed by atoms with Crippen molar-refractivity contribution >= 4 is 11.6 Å². The monoisotopic (exact) mass is 394 g/mol. The molecule has 2 aromatic rings. The van der Waals surface area contributed by atoms with E-state index in [-0.39, 0.29) is 22.7 Å². The van der Waals surface area contributed by atoms with Gasteiger partial charge in [0.1, 0.15) is 12.7 Å². The summed E-state index contributed by atoms with van der Waals surface area (Å²) in [5.41, 5.74) is -0.635. The lowest BCUT2D eigenvalue weighted by Crippen LogP contribution is -3.00. The van der Waals surface area contributed by atoms with Crippen LogP contribution in [0.3, 0.4) is 0 Å². The van der Waals surface area contributed by atoms with E-state index in [1.165, 1.54) is 12.1 Å². The number of benzene rings is 1. The highest BCUT2D eigenvalue weighted by molar-refractivity contribution is 5.41. The molecule has 0 amide bonds. The molecule has 128 valence electrons. The molecule has 0 bridgehead atoms. The first-order chi connectivity index (χ1) is 10.9. The third kappa shape index (κ3) is 3.11. The van der Waals surface area contributed by atoms with Gasteiger partial charge in [0, 0.05) is 23.8 Å². The average molecular weight is 395 g/mol. The van der Waals surface area contributed by atoms with E-state index in [9.17, 15) is 15.2 Å². The van der Waals surface area contributed by atoms with E-state index in [2.05, 4.69) is 18.8 Å². The second-order valence-corrected chi connectivity index (χ2v) is 6.17. The van der Waals surface area contributed by atoms with Crippen molar-refractivity contribution < 1.29 is 31.6 Å². The number of nitro benzene ring substituents is 1. The Labute approximate surface area is 150 Å². The molecule has 3 rings (SSSR count). The Morgan fingerprint density at radius 1 is 1.42 bits per heavy atom. The lowest BCUT2D eigenvalue weighted by Gasteiger charge is -2.29. The zero-order valence-electron chi connectivity index (χ0n) is 13.5. The first-order valence-electron chi connectivity index (χ1n) is 7.51. The van der Waals surface area contributed by atoms with Crippen molar-refractivity contribution in [2.75, 3.05) is 11.4 Å². The largest absolute Gasteiger partial charge is 1.00 e. The Hall–Kier alpha value is -2.06. The van der Waals surface area contributed by atoms with Gasteiger partial charge in [-0.25, -0.2) is 9.47 Å². The molecule has 1 aromatic carbocycles. The molecule has 7 nitrogen and oxygen atoms in total. The molecule has 0 aliphatic carbocycles. The third-order valence-electron chi connectivity index (χ3n) is 3.97. The second-order valence-electron chi connectivity index (χ2n) is 6.17. The molecular formula is C16H19BrN4O3. The Morgan fingerprint density at radius 3 is 2.67 bits per heavy atom. The summed E-state index contributed by atoms with van der Waals surface area (Å²) in [6.45, 7) is 5.11. The molecule has 8 heteroatoms. The molecule has 1 atom stereocenters. The minimum Gasteiger partial charge on any atom is -1.00 e. The minimum absolute atomic E-state index is 0. The van der Waals surface area contributed by atoms with Gasteiger partial charge in [0.25, 0.3) is 5.69 Å². The van der Waals surface area contributed by atoms with Gasteiger partial charge in [-0.05, 0) is 18.1 Å². The van der Waals surface area contributed by atoms with Gasteiger partial charge in [0.05, 0.1) is 17.7 Å². The summed E-state index contributed by atoms with van der Waals surface area (Å²) in [5.74, 6) is 1.02. The van der Waals surface area contributed by atoms with E-state index in [1.54, 1.807) is 18.3 Å². The molecule has 0 radical (unpaired) electrons. The minimum atomic E-state index is -1.26. The van der Waals surface area contributed by atoms with Gasteiger partial charge < -0.3 is 22.1 Å². The summed E-state index contributed by atoms with van der Waals surface area (Å²) in [6.07, 6.45) is 3.57. The Morgan fingerprint density at radius 2 is 2.08 bits per heavy atom. The van der Waals surface area contributed by atoms with Crippen molar-refractivity contribution in [1.82, 2.24) is 4.98 Å². The Kier molecular flexibility index (Phi) is 5.19. The van der Waals surface area contributed by atoms with Crippen LogP contribution in [-0.4, -0.2) is 21.6 Å². The number of nitrogens with zero attached hydrogens (tertiary/aromatic N) is 4. The number of aliphatic hydroxyl groups is 1. The summed E-state index contributed by atoms with van der Waals surface area (Å²) in [7, 11) is 0. The third-order valence-corrected chi connectivity index (χ3v) is 3.97. The number of nitro groups is 1. The molecule has 0 saturated carbocycles. The fourth-order valence-corrected chi connectivity index (χ4v) is 2.92. The number of anilines is 1. The van der Waals surface area contributed by atoms with Crippen LogP contribution >= 0.6 is 0 Å². The van der Waals surface area contributed by atoms with Crippen LogP contribution in [0.25, 0.3) is 0 Å². The normalized spacial score (nSPS) is 19.1. The smallest absolute Gasteiger partial charge is 0.396 e. The predicted octanol–water partition coefficient (Wildman–Crippen LogP) is -1.40. The van der Waals surface area contributed by atoms with Crippen LogP contribution in [0.2, 0.25) is 0 Å². The molecule has 0 spiro atoms. The quantitative estimate of drug-likeness (QED) is 0.391. The topological polar surface area (TPSA) is 83.4 Å². The van der Waals surface area contributed by atoms with Crippen LogP contribution in [-0.2, 0) is 12.3 Å². The number of halogens is 1. The maximum atomic E-state index is 11.3. The molecule has 24 heavy (non-hydrogen) atoms. The summed E-state index contributed by atoms with van der Waals surface area (Å²) in [5, 5.41) is 22.1. The zero-order valence-corrected chi connectivity index (χ0v) is 15.0. The van der Waals surface area contributed by atoms with Crippen molar-refractivity contribution in [2.24, 2.45) is 5.92 Å². The SMILES string of the molecule is CC(C)CN1c2nccc[n+]2CC1(O)c1ccc([N+](=O)[O-])cc1.[Br-]. The standard InChI is InChI=1S/C16H19N4O3.BrH/c1-12(2)10-19-15-17-8-3-9-18(15)11-16(19,21)13-4-6-14(7-5-13)20(22)23;/h3-9,12,21H,10-11H2,1-2H3;1H/q+1;/p-1. The summed E-state index contributed by atoms with van der Waals surface area (Å²) < 4.78 is 1.89. The van der Waals surface area contributed by atoms with Crippen LogP contribution < -0.4 is 26.4 Å². The first-order valence-corrected chi connectivity index (χ1v) is 7.51. The van der Waals surface area contributed by atoms with E-state index in [0.29, 0.717) is 30.5 Å². The number of fused-ring (bicyclic) bond motifs is 1. The number of aromatic nitrogens is 2. The predicted molar refractivity (Wildman–Crippen MR) is 83.6 cm³/mol. The highest BCUT2D eigenvalue weighted by atomic mass is 79.9. The fourth-order valence-electron chi connectivity index (χ4n) is 2.92. The van der Waals surface area contributed by atoms with Crippen LogP contribution in [0.4, 0.5) is 11.6 Å². The van der Waals surface area contributed by atoms with Crippen LogP contribution in [0, 0.1) is 16.0 Å². The molecule has 0 saturated heterocycles. The Bertz CT molecular complexity index is 738. The van der Waals surface area contributed by atoms with E-state index in [1.807, 2.05) is 21.7 Å². The molecular weight excluding hydrogens is 376 g/mol. The number of hydrogen-bond donors (Lipinski definition) is 1. The summed E-state index contributed by atoms with van der Waals surface area (Å²) >= 11 is 0. The molecule has 1 aliphatic heterocycles. The molecule has 1 aromatic heterocycles. The van der Waals surface area contributed by atoms with Gasteiger partial charge in [-0.15, -0.1) is 0 Å². The summed E-state index contributed by atoms with van der Waals surface area (Å²) in [6, 6.07) is 7.87. The van der Waals surface area contributed by atoms with Crippen LogP contribution in [0.5, 0.6) is 0 Å². The first kappa shape index (κ1) is 18.3. The highest BCUT2D eigenvalue weighted by Gasteiger charge is 2.51. The van der Waals surface area contributed by atoms with Gasteiger partial charge in [0.15, 0.2) is 0 Å². The van der Waals surface area contributed by atoms with E-state index >= 15 is 0 Å². The number of rotatable bonds is 4. The average Bonchev–Trinajstić information content (AvgIpc) is 2.80. The van der Waals surface area contributed by atoms with Crippen molar-refractivity contribution in [3.63, 3.8) is 0 Å². The van der Waals surface area contributed by atoms with Crippen LogP contribution in [0.15, 0.2) is 42.7 Å². The van der Waals surface area contributed by atoms with Gasteiger partial charge in [-0.1, -0.05) is 18.8 Å². The second kappa shape index (κ2) is 6.82. The van der Waals surface area contributed by atoms with Crippen molar-refractivity contribution in [2.45, 2.75) is 26.1 Å². The fraction of sp³-hybridized carbons (Fsp3) is 0.375. The van der Waals surface area contributed by atoms with Gasteiger partial charge in [-0.3, -0.25) is 10.1 Å². The lowest BCUT2D eigenvalue weighted by atomic mass is 10.0. The summed E-state index contributed by atoms with van der Waals surface area (Å²) in [4.78, 5) is 16.6. The van der Waals surface area contributed by atoms with Crippen molar-refractivity contribution in [3.05, 3.63) is 58.4 Å². The molecule has 1 unspecified atom stereocenters. The van der Waals surface area contributed by atoms with Crippen molar-refractivity contribution in [1.29, 1.82) is 0 Å². The highest BCUT2D eigenvalue weighted by Crippen LogP contribution is 2.34. The molecule has 1 N–H and O–H groups in total. The van der Waals surface area contributed by atoms with Gasteiger partial charge in [0.2, 0.25) is 5.72 Å². The van der Waals surface area contributed by atoms with Crippen LogP contribution in [0.1, 0.15) is 19.4 Å². The number of non-ortho nitro benzene ring substituents is 1. The van der Waals surface area contributed by atoms with Gasteiger partial charge in [-0.2, -0.15) is 0 Å². The van der Waals surface area contributed by atoms with E-state index in [0.717, 1.165) is 0 Å². The van der Waals surface area contributed by atoms with Gasteiger partial charge >= 0.3 is 5.95 Å². The molecule has 2 heterocycles. The maximum Gasteiger partial charge on any atom is 0.396 e. The van der Waals surface area contributed by atoms with E-state index < -0.39 is 10.6 Å². The molecule has 1 aliphatic rings. The number of hydrogen-bond acceptors (Lipinski definition) is 5. The zero-order chi connectivity index (χ0) is 16.6.